The van der Waals surface area contributed by atoms with Gasteiger partial charge in [-0.25, -0.2) is 0 Å². The number of halogens is 2. The van der Waals surface area contributed by atoms with Crippen molar-refractivity contribution in [3.8, 4) is 0 Å². The largest absolute Gasteiger partial charge is 1.00 e. The van der Waals surface area contributed by atoms with Crippen molar-refractivity contribution in [3.05, 3.63) is 0 Å². The van der Waals surface area contributed by atoms with E-state index in [9.17, 15) is 9.59 Å². The van der Waals surface area contributed by atoms with Crippen molar-refractivity contribution in [1.29, 1.82) is 0 Å². The molecule has 0 spiro atoms. The van der Waals surface area contributed by atoms with E-state index in [1.165, 1.54) is 0 Å². The van der Waals surface area contributed by atoms with Crippen LogP contribution in [0.5, 0.6) is 0 Å². The van der Waals surface area contributed by atoms with Gasteiger partial charge in [-0.2, -0.15) is 0 Å². The molecule has 11 heavy (non-hydrogen) atoms. The summed E-state index contributed by atoms with van der Waals surface area (Å²) in [6, 6.07) is 0. The predicted octanol–water partition coefficient (Wildman–Crippen LogP) is -2.20. The van der Waals surface area contributed by atoms with E-state index in [1.807, 2.05) is 0 Å². The molecule has 0 rings (SSSR count). The third-order valence-corrected chi connectivity index (χ3v) is 3.28. The minimum atomic E-state index is -1.20. The summed E-state index contributed by atoms with van der Waals surface area (Å²) in [5, 5.41) is 16.5. The van der Waals surface area contributed by atoms with Crippen LogP contribution in [0.4, 0.5) is 0 Å². The standard InChI is InChI=1S/C4H4Br2O4.Na.H/c5-1(3(7)8)2(6)4(9)10;;/h1-2H,(H,7,8)(H,9,10);;/q;+1;-1. The molecule has 0 amide bonds. The van der Waals surface area contributed by atoms with E-state index >= 15 is 0 Å². The van der Waals surface area contributed by atoms with Crippen molar-refractivity contribution in [3.63, 3.8) is 0 Å². The Morgan fingerprint density at radius 3 is 1.36 bits per heavy atom. The number of carboxylic acids is 2. The van der Waals surface area contributed by atoms with E-state index in [-0.39, 0.29) is 31.0 Å². The SMILES string of the molecule is O=C(O)C(Br)C(Br)C(=O)O.[H-].[Na+]. The van der Waals surface area contributed by atoms with Crippen LogP contribution < -0.4 is 29.6 Å². The molecule has 0 heterocycles. The fraction of sp³-hybridized carbons (Fsp3) is 0.500. The number of carboxylic acid groups (broad SMARTS) is 2. The summed E-state index contributed by atoms with van der Waals surface area (Å²) < 4.78 is 0. The fourth-order valence-electron chi connectivity index (χ4n) is 0.250. The first kappa shape index (κ1) is 14.4. The maximum absolute atomic E-state index is 10.1. The monoisotopic (exact) mass is 298 g/mol. The molecule has 0 fully saturated rings. The smallest absolute Gasteiger partial charge is 1.00 e. The van der Waals surface area contributed by atoms with Gasteiger partial charge in [-0.3, -0.25) is 9.59 Å². The average molecular weight is 300 g/mol. The predicted molar refractivity (Wildman–Crippen MR) is 41.8 cm³/mol. The van der Waals surface area contributed by atoms with Crippen LogP contribution in [0.3, 0.4) is 0 Å². The molecule has 2 unspecified atom stereocenters. The molecule has 0 aliphatic heterocycles. The molecule has 0 aliphatic carbocycles. The first-order valence-electron chi connectivity index (χ1n) is 2.20. The van der Waals surface area contributed by atoms with Crippen molar-refractivity contribution in [1.82, 2.24) is 0 Å². The van der Waals surface area contributed by atoms with E-state index in [0.29, 0.717) is 0 Å². The maximum Gasteiger partial charge on any atom is 1.00 e. The van der Waals surface area contributed by atoms with Crippen molar-refractivity contribution < 1.29 is 50.8 Å². The quantitative estimate of drug-likeness (QED) is 0.458. The summed E-state index contributed by atoms with van der Waals surface area (Å²) in [4.78, 5) is 18.0. The van der Waals surface area contributed by atoms with Gasteiger partial charge in [-0.15, -0.1) is 0 Å². The van der Waals surface area contributed by atoms with Crippen LogP contribution in [0.25, 0.3) is 0 Å². The zero-order valence-corrected chi connectivity index (χ0v) is 10.8. The first-order valence-corrected chi connectivity index (χ1v) is 4.03. The maximum atomic E-state index is 10.1. The van der Waals surface area contributed by atoms with Gasteiger partial charge in [0.2, 0.25) is 0 Å². The molecular weight excluding hydrogens is 295 g/mol. The van der Waals surface area contributed by atoms with Gasteiger partial charge in [0.1, 0.15) is 9.65 Å². The molecule has 0 bridgehead atoms. The van der Waals surface area contributed by atoms with E-state index in [1.54, 1.807) is 0 Å². The third kappa shape index (κ3) is 5.19. The Bertz CT molecular complexity index is 149. The fourth-order valence-corrected chi connectivity index (χ4v) is 0.703. The van der Waals surface area contributed by atoms with Gasteiger partial charge in [0.05, 0.1) is 0 Å². The molecule has 2 N–H and O–H groups in total. The molecular formula is C4H5Br2NaO4. The Hall–Kier alpha value is 0.900. The minimum Gasteiger partial charge on any atom is -1.00 e. The third-order valence-electron chi connectivity index (χ3n) is 0.729. The zero-order valence-electron chi connectivity index (χ0n) is 6.62. The second-order valence-electron chi connectivity index (χ2n) is 1.48. The van der Waals surface area contributed by atoms with Crippen LogP contribution in [0.2, 0.25) is 0 Å². The van der Waals surface area contributed by atoms with E-state index < -0.39 is 21.6 Å². The molecule has 60 valence electrons. The van der Waals surface area contributed by atoms with Gasteiger partial charge in [0, 0.05) is 0 Å². The summed E-state index contributed by atoms with van der Waals surface area (Å²) >= 11 is 5.36. The van der Waals surface area contributed by atoms with E-state index in [0.717, 1.165) is 0 Å². The van der Waals surface area contributed by atoms with Crippen molar-refractivity contribution in [2.24, 2.45) is 0 Å². The number of aliphatic carboxylic acids is 2. The Labute approximate surface area is 103 Å². The normalized spacial score (nSPS) is 14.4. The Morgan fingerprint density at radius 1 is 1.09 bits per heavy atom. The van der Waals surface area contributed by atoms with Crippen LogP contribution in [0.15, 0.2) is 0 Å². The van der Waals surface area contributed by atoms with Crippen LogP contribution in [-0.4, -0.2) is 31.8 Å². The molecule has 7 heteroatoms. The van der Waals surface area contributed by atoms with Gasteiger partial charge >= 0.3 is 41.5 Å². The van der Waals surface area contributed by atoms with Crippen molar-refractivity contribution in [2.45, 2.75) is 9.65 Å². The van der Waals surface area contributed by atoms with Gasteiger partial charge in [0.25, 0.3) is 0 Å². The van der Waals surface area contributed by atoms with E-state index in [2.05, 4.69) is 31.9 Å². The summed E-state index contributed by atoms with van der Waals surface area (Å²) in [5.41, 5.74) is 0. The van der Waals surface area contributed by atoms with E-state index in [4.69, 9.17) is 10.2 Å². The second-order valence-corrected chi connectivity index (χ2v) is 3.45. The van der Waals surface area contributed by atoms with Crippen molar-refractivity contribution in [2.75, 3.05) is 0 Å². The number of alkyl halides is 2. The Balaban J connectivity index is -0.000000405. The molecule has 0 aliphatic rings. The molecule has 0 radical (unpaired) electrons. The Kier molecular flexibility index (Phi) is 8.42. The summed E-state index contributed by atoms with van der Waals surface area (Å²) in [5.74, 6) is -2.41. The number of hydrogen-bond donors (Lipinski definition) is 2. The molecule has 4 nitrogen and oxygen atoms in total. The second kappa shape index (κ2) is 6.42. The average Bonchev–Trinajstić information content (AvgIpc) is 1.84. The topological polar surface area (TPSA) is 74.6 Å². The summed E-state index contributed by atoms with van der Waals surface area (Å²) in [7, 11) is 0. The number of rotatable bonds is 3. The van der Waals surface area contributed by atoms with Crippen LogP contribution in [0, 0.1) is 0 Å². The molecule has 0 saturated heterocycles. The molecule has 0 aromatic rings. The molecule has 0 saturated carbocycles. The number of carbonyl (C=O) groups is 2. The first-order chi connectivity index (χ1) is 4.46. The summed E-state index contributed by atoms with van der Waals surface area (Å²) in [6.07, 6.45) is 0. The van der Waals surface area contributed by atoms with Crippen LogP contribution >= 0.6 is 31.9 Å². The molecule has 0 aromatic heterocycles. The van der Waals surface area contributed by atoms with Gasteiger partial charge < -0.3 is 11.6 Å². The van der Waals surface area contributed by atoms with Gasteiger partial charge in [0.15, 0.2) is 0 Å². The zero-order chi connectivity index (χ0) is 8.31. The van der Waals surface area contributed by atoms with Crippen LogP contribution in [-0.2, 0) is 9.59 Å². The van der Waals surface area contributed by atoms with Crippen molar-refractivity contribution >= 4 is 43.8 Å². The van der Waals surface area contributed by atoms with Gasteiger partial charge in [-0.05, 0) is 0 Å². The number of hydrogen-bond acceptors (Lipinski definition) is 2. The molecule has 0 aromatic carbocycles. The Morgan fingerprint density at radius 2 is 1.27 bits per heavy atom. The summed E-state index contributed by atoms with van der Waals surface area (Å²) in [6.45, 7) is 0. The minimum absolute atomic E-state index is 0. The molecule has 2 atom stereocenters. The van der Waals surface area contributed by atoms with Gasteiger partial charge in [-0.1, -0.05) is 31.9 Å². The van der Waals surface area contributed by atoms with Crippen LogP contribution in [0.1, 0.15) is 1.43 Å².